The third kappa shape index (κ3) is 68.7. The van der Waals surface area contributed by atoms with Gasteiger partial charge in [-0.25, -0.2) is 9.13 Å². The number of aliphatic hydroxyl groups is 1. The number of esters is 4. The monoisotopic (exact) mass is 1410 g/mol. The fourth-order valence-corrected chi connectivity index (χ4v) is 12.8. The van der Waals surface area contributed by atoms with E-state index in [1.807, 2.05) is 0 Å². The Kier molecular flexibility index (Phi) is 65.3. The van der Waals surface area contributed by atoms with E-state index in [-0.39, 0.29) is 25.7 Å². The molecule has 96 heavy (non-hydrogen) atoms. The minimum Gasteiger partial charge on any atom is -0.462 e. The van der Waals surface area contributed by atoms with Crippen LogP contribution in [0.3, 0.4) is 0 Å². The molecule has 0 aliphatic rings. The summed E-state index contributed by atoms with van der Waals surface area (Å²) in [7, 11) is -9.93. The number of hydrogen-bond acceptors (Lipinski definition) is 15. The van der Waals surface area contributed by atoms with Gasteiger partial charge < -0.3 is 33.8 Å². The topological polar surface area (TPSA) is 237 Å². The van der Waals surface area contributed by atoms with Gasteiger partial charge in [0, 0.05) is 25.7 Å². The van der Waals surface area contributed by atoms with Crippen molar-refractivity contribution in [1.82, 2.24) is 0 Å². The number of phosphoric acid groups is 2. The first-order chi connectivity index (χ1) is 46.3. The number of carbonyl (C=O) groups is 4. The molecular formula is C77H146O17P2. The minimum atomic E-state index is -4.96. The van der Waals surface area contributed by atoms with Gasteiger partial charge >= 0.3 is 39.5 Å². The van der Waals surface area contributed by atoms with E-state index in [1.165, 1.54) is 161 Å². The molecule has 0 bridgehead atoms. The Balaban J connectivity index is 5.24. The highest BCUT2D eigenvalue weighted by atomic mass is 31.2. The summed E-state index contributed by atoms with van der Waals surface area (Å²) in [5, 5.41) is 10.6. The molecule has 0 spiro atoms. The summed E-state index contributed by atoms with van der Waals surface area (Å²) in [6, 6.07) is 0. The van der Waals surface area contributed by atoms with Crippen LogP contribution in [0.15, 0.2) is 24.3 Å². The summed E-state index contributed by atoms with van der Waals surface area (Å²) in [5.74, 6) is 0.131. The first kappa shape index (κ1) is 93.5. The third-order valence-corrected chi connectivity index (χ3v) is 19.5. The van der Waals surface area contributed by atoms with Crippen molar-refractivity contribution in [3.05, 3.63) is 24.3 Å². The largest absolute Gasteiger partial charge is 0.472 e. The number of carbonyl (C=O) groups excluding carboxylic acids is 4. The average molecular weight is 1410 g/mol. The standard InChI is InChI=1S/C77H146O17P2/c1-8-10-11-12-13-14-15-16-19-24-27-30-38-46-53-60-76(81)93-73(65-88-75(80)59-52-45-40-33-35-42-49-56-69(5)6)67-92-96(85,86)90-63-71(78)62-89-95(83,84)91-66-72(94-77(82)61-54-47-39-32-31-36-43-50-57-70(7)9-2)64-87-74(79)58-51-44-37-29-26-23-21-18-17-20-22-25-28-34-41-48-55-68(3)4/h14-16,19,68-73,78H,8-13,17-18,20-67H2,1-7H3,(H,83,84)(H,85,86)/b15-14-,19-16-/t70?,71?,72-,73-/m1/s1. The number of unbranched alkanes of at least 4 members (excludes halogenated alkanes) is 37. The first-order valence-corrected chi connectivity index (χ1v) is 42.2. The van der Waals surface area contributed by atoms with Gasteiger partial charge in [-0.05, 0) is 69.1 Å². The van der Waals surface area contributed by atoms with E-state index in [4.69, 9.17) is 37.0 Å². The molecule has 0 aromatic carbocycles. The van der Waals surface area contributed by atoms with Gasteiger partial charge in [-0.15, -0.1) is 0 Å². The lowest BCUT2D eigenvalue weighted by Gasteiger charge is -2.21. The Bertz CT molecular complexity index is 1970. The molecule has 0 saturated heterocycles. The molecule has 566 valence electrons. The van der Waals surface area contributed by atoms with Gasteiger partial charge in [0.1, 0.15) is 19.3 Å². The number of rotatable bonds is 73. The van der Waals surface area contributed by atoms with Gasteiger partial charge in [0.15, 0.2) is 12.2 Å². The highest BCUT2D eigenvalue weighted by Gasteiger charge is 2.30. The second kappa shape index (κ2) is 67.1. The van der Waals surface area contributed by atoms with Crippen molar-refractivity contribution in [3.8, 4) is 0 Å². The van der Waals surface area contributed by atoms with Crippen molar-refractivity contribution in [2.24, 2.45) is 17.8 Å². The average Bonchev–Trinajstić information content (AvgIpc) is 1.51. The van der Waals surface area contributed by atoms with E-state index in [0.717, 1.165) is 121 Å². The Labute approximate surface area is 586 Å². The molecule has 0 heterocycles. The van der Waals surface area contributed by atoms with Gasteiger partial charge in [0.2, 0.25) is 0 Å². The van der Waals surface area contributed by atoms with Crippen LogP contribution in [0.4, 0.5) is 0 Å². The van der Waals surface area contributed by atoms with Crippen molar-refractivity contribution < 1.29 is 80.2 Å². The summed E-state index contributed by atoms with van der Waals surface area (Å²) in [4.78, 5) is 72.8. The predicted octanol–water partition coefficient (Wildman–Crippen LogP) is 22.1. The van der Waals surface area contributed by atoms with Crippen molar-refractivity contribution >= 4 is 39.5 Å². The summed E-state index contributed by atoms with van der Waals surface area (Å²) in [6.07, 6.45) is 56.4. The van der Waals surface area contributed by atoms with E-state index in [0.29, 0.717) is 31.6 Å². The molecule has 3 N–H and O–H groups in total. The summed E-state index contributed by atoms with van der Waals surface area (Å²) >= 11 is 0. The highest BCUT2D eigenvalue weighted by Crippen LogP contribution is 2.45. The molecular weight excluding hydrogens is 1260 g/mol. The van der Waals surface area contributed by atoms with Gasteiger partial charge in [-0.2, -0.15) is 0 Å². The van der Waals surface area contributed by atoms with Crippen LogP contribution in [0.25, 0.3) is 0 Å². The van der Waals surface area contributed by atoms with Gasteiger partial charge in [-0.3, -0.25) is 37.3 Å². The van der Waals surface area contributed by atoms with Gasteiger partial charge in [0.05, 0.1) is 26.4 Å². The van der Waals surface area contributed by atoms with Gasteiger partial charge in [0.25, 0.3) is 0 Å². The molecule has 4 unspecified atom stereocenters. The number of phosphoric ester groups is 2. The molecule has 0 aliphatic heterocycles. The molecule has 0 rings (SSSR count). The Morgan fingerprint density at radius 3 is 0.927 bits per heavy atom. The molecule has 0 amide bonds. The van der Waals surface area contributed by atoms with Crippen LogP contribution in [0.5, 0.6) is 0 Å². The SMILES string of the molecule is CCCCCC/C=C\C=C/CCCCCCCC(=O)O[C@H](COC(=O)CCCCCCCCCC(C)C)COP(=O)(O)OCC(O)COP(=O)(O)OC[C@@H](COC(=O)CCCCCCCCCCCCCCCCCCC(C)C)OC(=O)CCCCCCCCCCC(C)CC. The van der Waals surface area contributed by atoms with Crippen LogP contribution < -0.4 is 0 Å². The molecule has 6 atom stereocenters. The van der Waals surface area contributed by atoms with E-state index < -0.39 is 97.5 Å². The highest BCUT2D eigenvalue weighted by molar-refractivity contribution is 7.47. The maximum Gasteiger partial charge on any atom is 0.472 e. The number of allylic oxidation sites excluding steroid dienone is 4. The van der Waals surface area contributed by atoms with Crippen LogP contribution in [-0.4, -0.2) is 96.7 Å². The van der Waals surface area contributed by atoms with E-state index in [1.54, 1.807) is 0 Å². The maximum absolute atomic E-state index is 13.1. The lowest BCUT2D eigenvalue weighted by atomic mass is 9.99. The van der Waals surface area contributed by atoms with Crippen LogP contribution in [0.1, 0.15) is 370 Å². The second-order valence-electron chi connectivity index (χ2n) is 28.3. The van der Waals surface area contributed by atoms with Crippen LogP contribution in [0.2, 0.25) is 0 Å². The quantitative estimate of drug-likeness (QED) is 0.0169. The zero-order valence-corrected chi connectivity index (χ0v) is 64.1. The molecule has 0 radical (unpaired) electrons. The Morgan fingerprint density at radius 1 is 0.344 bits per heavy atom. The normalized spacial score (nSPS) is 14.5. The van der Waals surface area contributed by atoms with Crippen LogP contribution in [-0.2, 0) is 65.4 Å². The Morgan fingerprint density at radius 2 is 0.615 bits per heavy atom. The zero-order valence-electron chi connectivity index (χ0n) is 62.3. The predicted molar refractivity (Wildman–Crippen MR) is 390 cm³/mol. The van der Waals surface area contributed by atoms with Crippen molar-refractivity contribution in [2.75, 3.05) is 39.6 Å². The maximum atomic E-state index is 13.1. The fraction of sp³-hybridized carbons (Fsp3) is 0.896. The molecule has 0 aliphatic carbocycles. The zero-order chi connectivity index (χ0) is 70.9. The van der Waals surface area contributed by atoms with Crippen LogP contribution in [0, 0.1) is 17.8 Å². The second-order valence-corrected chi connectivity index (χ2v) is 31.2. The lowest BCUT2D eigenvalue weighted by molar-refractivity contribution is -0.161. The summed E-state index contributed by atoms with van der Waals surface area (Å²) in [5.41, 5.74) is 0. The molecule has 0 aromatic rings. The number of aliphatic hydroxyl groups excluding tert-OH is 1. The molecule has 0 saturated carbocycles. The van der Waals surface area contributed by atoms with Gasteiger partial charge in [-0.1, -0.05) is 317 Å². The van der Waals surface area contributed by atoms with Crippen molar-refractivity contribution in [2.45, 2.75) is 388 Å². The van der Waals surface area contributed by atoms with Crippen molar-refractivity contribution in [3.63, 3.8) is 0 Å². The first-order valence-electron chi connectivity index (χ1n) is 39.2. The molecule has 0 fully saturated rings. The van der Waals surface area contributed by atoms with E-state index in [9.17, 15) is 43.2 Å². The van der Waals surface area contributed by atoms with E-state index >= 15 is 0 Å². The lowest BCUT2D eigenvalue weighted by Crippen LogP contribution is -2.30. The van der Waals surface area contributed by atoms with Crippen LogP contribution >= 0.6 is 15.6 Å². The smallest absolute Gasteiger partial charge is 0.462 e. The fourth-order valence-electron chi connectivity index (χ4n) is 11.2. The van der Waals surface area contributed by atoms with Crippen molar-refractivity contribution in [1.29, 1.82) is 0 Å². The molecule has 0 aromatic heterocycles. The minimum absolute atomic E-state index is 0.0839. The summed E-state index contributed by atoms with van der Waals surface area (Å²) in [6.45, 7) is 11.8. The summed E-state index contributed by atoms with van der Waals surface area (Å²) < 4.78 is 68.5. The molecule has 19 heteroatoms. The molecule has 17 nitrogen and oxygen atoms in total. The number of hydrogen-bond donors (Lipinski definition) is 3. The number of ether oxygens (including phenoxy) is 4. The van der Waals surface area contributed by atoms with E-state index in [2.05, 4.69) is 72.8 Å². The Hall–Kier alpha value is -2.46. The third-order valence-electron chi connectivity index (χ3n) is 17.6.